The van der Waals surface area contributed by atoms with E-state index in [9.17, 15) is 0 Å². The predicted molar refractivity (Wildman–Crippen MR) is 195 cm³/mol. The van der Waals surface area contributed by atoms with Crippen molar-refractivity contribution in [3.63, 3.8) is 0 Å². The first-order valence-corrected chi connectivity index (χ1v) is 15.6. The molecular weight excluding hydrogens is 540 g/mol. The summed E-state index contributed by atoms with van der Waals surface area (Å²) in [4.78, 5) is 0. The molecule has 6 aromatic carbocycles. The van der Waals surface area contributed by atoms with Gasteiger partial charge in [0.1, 0.15) is 0 Å². The fourth-order valence-corrected chi connectivity index (χ4v) is 6.52. The van der Waals surface area contributed by atoms with Gasteiger partial charge in [-0.1, -0.05) is 164 Å². The molecule has 0 heteroatoms. The Morgan fingerprint density at radius 1 is 0.556 bits per heavy atom. The lowest BCUT2D eigenvalue weighted by molar-refractivity contribution is 1.45. The number of rotatable bonds is 6. The summed E-state index contributed by atoms with van der Waals surface area (Å²) >= 11 is 0. The van der Waals surface area contributed by atoms with Crippen molar-refractivity contribution in [3.05, 3.63) is 168 Å². The van der Waals surface area contributed by atoms with E-state index in [-0.39, 0.29) is 0 Å². The Balaban J connectivity index is 1.39. The Kier molecular flexibility index (Phi) is 7.84. The fourth-order valence-electron chi connectivity index (χ4n) is 6.52. The van der Waals surface area contributed by atoms with Gasteiger partial charge in [0.15, 0.2) is 0 Å². The van der Waals surface area contributed by atoms with E-state index in [1.165, 1.54) is 66.4 Å². The van der Waals surface area contributed by atoms with Crippen molar-refractivity contribution in [3.8, 4) is 56.3 Å². The minimum Gasteiger partial charge on any atom is -0.0937 e. The highest BCUT2D eigenvalue weighted by Gasteiger charge is 2.20. The van der Waals surface area contributed by atoms with Crippen LogP contribution in [-0.4, -0.2) is 0 Å². The SMILES string of the molecule is C/C=C\c1c(C)c(-c2ccc(-c3ccccc3)cc2)c2ccccc2c1-c1ccccc1-c1ccc(C2=CC=CCC#C2)cc1. The van der Waals surface area contributed by atoms with Gasteiger partial charge in [-0.3, -0.25) is 0 Å². The summed E-state index contributed by atoms with van der Waals surface area (Å²) in [7, 11) is 0. The van der Waals surface area contributed by atoms with Gasteiger partial charge < -0.3 is 0 Å². The van der Waals surface area contributed by atoms with Crippen LogP contribution in [0.15, 0.2) is 152 Å². The quantitative estimate of drug-likeness (QED) is 0.174. The van der Waals surface area contributed by atoms with Crippen molar-refractivity contribution in [2.24, 2.45) is 0 Å². The van der Waals surface area contributed by atoms with E-state index in [0.717, 1.165) is 17.6 Å². The molecule has 0 nitrogen and oxygen atoms in total. The summed E-state index contributed by atoms with van der Waals surface area (Å²) in [6.45, 7) is 4.39. The lowest BCUT2D eigenvalue weighted by Crippen LogP contribution is -1.97. The van der Waals surface area contributed by atoms with E-state index >= 15 is 0 Å². The van der Waals surface area contributed by atoms with Gasteiger partial charge in [0.05, 0.1) is 0 Å². The van der Waals surface area contributed by atoms with E-state index in [1.54, 1.807) is 0 Å². The second-order valence-corrected chi connectivity index (χ2v) is 11.4. The highest BCUT2D eigenvalue weighted by molar-refractivity contribution is 6.11. The summed E-state index contributed by atoms with van der Waals surface area (Å²) in [6.07, 6.45) is 11.5. The minimum atomic E-state index is 0.797. The van der Waals surface area contributed by atoms with Crippen molar-refractivity contribution < 1.29 is 0 Å². The molecule has 214 valence electrons. The van der Waals surface area contributed by atoms with Crippen LogP contribution in [0.3, 0.4) is 0 Å². The summed E-state index contributed by atoms with van der Waals surface area (Å²) < 4.78 is 0. The molecule has 0 heterocycles. The topological polar surface area (TPSA) is 0 Å². The molecule has 1 aliphatic rings. The average Bonchev–Trinajstić information content (AvgIpc) is 3.39. The van der Waals surface area contributed by atoms with E-state index in [2.05, 4.69) is 183 Å². The fraction of sp³-hybridized carbons (Fsp3) is 0.0667. The molecule has 0 bridgehead atoms. The van der Waals surface area contributed by atoms with Crippen LogP contribution < -0.4 is 0 Å². The van der Waals surface area contributed by atoms with Gasteiger partial charge in [-0.25, -0.2) is 0 Å². The molecule has 0 saturated carbocycles. The van der Waals surface area contributed by atoms with Gasteiger partial charge in [0, 0.05) is 12.0 Å². The van der Waals surface area contributed by atoms with Gasteiger partial charge in [0.25, 0.3) is 0 Å². The largest absolute Gasteiger partial charge is 0.0937 e. The number of allylic oxidation sites excluding steroid dienone is 5. The monoisotopic (exact) mass is 574 g/mol. The number of hydrogen-bond acceptors (Lipinski definition) is 0. The molecule has 0 radical (unpaired) electrons. The van der Waals surface area contributed by atoms with E-state index in [4.69, 9.17) is 0 Å². The van der Waals surface area contributed by atoms with Crippen molar-refractivity contribution in [1.29, 1.82) is 0 Å². The molecule has 6 aromatic rings. The molecule has 0 saturated heterocycles. The normalized spacial score (nSPS) is 12.5. The summed E-state index contributed by atoms with van der Waals surface area (Å²) in [5.74, 6) is 6.54. The molecule has 0 aliphatic heterocycles. The van der Waals surface area contributed by atoms with Crippen LogP contribution >= 0.6 is 0 Å². The molecule has 0 aromatic heterocycles. The van der Waals surface area contributed by atoms with Crippen LogP contribution in [0.5, 0.6) is 0 Å². The molecular formula is C45H34. The van der Waals surface area contributed by atoms with Gasteiger partial charge in [0.2, 0.25) is 0 Å². The predicted octanol–water partition coefficient (Wildman–Crippen LogP) is 12.2. The first-order chi connectivity index (χ1) is 22.2. The van der Waals surface area contributed by atoms with Crippen molar-refractivity contribution in [2.75, 3.05) is 0 Å². The summed E-state index contributed by atoms with van der Waals surface area (Å²) in [6, 6.07) is 46.2. The van der Waals surface area contributed by atoms with E-state index in [1.807, 2.05) is 0 Å². The Bertz CT molecular complexity index is 2160. The zero-order valence-corrected chi connectivity index (χ0v) is 25.7. The average molecular weight is 575 g/mol. The van der Waals surface area contributed by atoms with Crippen molar-refractivity contribution in [1.82, 2.24) is 0 Å². The highest BCUT2D eigenvalue weighted by Crippen LogP contribution is 2.45. The van der Waals surface area contributed by atoms with Crippen LogP contribution in [0.1, 0.15) is 30.0 Å². The third kappa shape index (κ3) is 5.46. The van der Waals surface area contributed by atoms with Gasteiger partial charge in [-0.05, 0) is 91.9 Å². The highest BCUT2D eigenvalue weighted by atomic mass is 14.2. The van der Waals surface area contributed by atoms with Crippen LogP contribution in [0.4, 0.5) is 0 Å². The number of fused-ring (bicyclic) bond motifs is 1. The smallest absolute Gasteiger partial charge is 0.0317 e. The Morgan fingerprint density at radius 3 is 1.87 bits per heavy atom. The van der Waals surface area contributed by atoms with Gasteiger partial charge in [-0.2, -0.15) is 0 Å². The molecule has 0 amide bonds. The Labute approximate surface area is 266 Å². The maximum Gasteiger partial charge on any atom is 0.0317 e. The molecule has 0 atom stereocenters. The van der Waals surface area contributed by atoms with Gasteiger partial charge >= 0.3 is 0 Å². The zero-order chi connectivity index (χ0) is 30.6. The maximum atomic E-state index is 3.31. The molecule has 1 aliphatic carbocycles. The van der Waals surface area contributed by atoms with Crippen LogP contribution in [-0.2, 0) is 0 Å². The second-order valence-electron chi connectivity index (χ2n) is 11.4. The van der Waals surface area contributed by atoms with E-state index < -0.39 is 0 Å². The molecule has 7 rings (SSSR count). The second kappa shape index (κ2) is 12.5. The molecule has 0 spiro atoms. The number of hydrogen-bond donors (Lipinski definition) is 0. The first-order valence-electron chi connectivity index (χ1n) is 15.6. The van der Waals surface area contributed by atoms with Crippen LogP contribution in [0.2, 0.25) is 0 Å². The van der Waals surface area contributed by atoms with Crippen molar-refractivity contribution >= 4 is 22.4 Å². The van der Waals surface area contributed by atoms with Crippen molar-refractivity contribution in [2.45, 2.75) is 20.3 Å². The lowest BCUT2D eigenvalue weighted by Gasteiger charge is -2.22. The minimum absolute atomic E-state index is 0.797. The Morgan fingerprint density at radius 2 is 1.13 bits per heavy atom. The standard InChI is InChI=1S/C45H34/c1-3-15-39-32(2)44(38-30-26-36(27-31-38)34-18-9-6-10-19-34)42-22-13-14-23-43(42)45(39)41-21-12-11-20-40(41)37-28-24-35(25-29-37)33-16-7-4-5-8-17-33/h3-4,6-7,9-16,18-31H,5H2,1-2H3/b15-3-. The molecule has 0 N–H and O–H groups in total. The molecule has 45 heavy (non-hydrogen) atoms. The lowest BCUT2D eigenvalue weighted by atomic mass is 9.82. The van der Waals surface area contributed by atoms with Crippen LogP contribution in [0, 0.1) is 18.8 Å². The first kappa shape index (κ1) is 28.1. The summed E-state index contributed by atoms with van der Waals surface area (Å²) in [5, 5.41) is 2.52. The molecule has 0 unspecified atom stereocenters. The third-order valence-corrected chi connectivity index (χ3v) is 8.67. The third-order valence-electron chi connectivity index (χ3n) is 8.67. The van der Waals surface area contributed by atoms with E-state index in [0.29, 0.717) is 0 Å². The Hall–Kier alpha value is -5.64. The van der Waals surface area contributed by atoms with Crippen LogP contribution in [0.25, 0.3) is 66.9 Å². The zero-order valence-electron chi connectivity index (χ0n) is 25.7. The number of benzene rings is 6. The maximum absolute atomic E-state index is 3.31. The summed E-state index contributed by atoms with van der Waals surface area (Å²) in [5.41, 5.74) is 14.7. The molecule has 0 fully saturated rings. The van der Waals surface area contributed by atoms with Gasteiger partial charge in [-0.15, -0.1) is 0 Å².